The molecule has 0 spiro atoms. The fraction of sp³-hybridized carbons (Fsp3) is 0.450. The molecule has 2 aliphatic heterocycles. The molecule has 1 aromatic heterocycles. The van der Waals surface area contributed by atoms with Gasteiger partial charge in [-0.05, 0) is 36.4 Å². The third-order valence-corrected chi connectivity index (χ3v) is 8.70. The second-order valence-electron chi connectivity index (χ2n) is 7.22. The number of nitrogens with zero attached hydrogens (tertiary/aromatic N) is 2. The van der Waals surface area contributed by atoms with E-state index in [1.54, 1.807) is 17.5 Å². The highest BCUT2D eigenvalue weighted by molar-refractivity contribution is 7.91. The molecule has 0 saturated carbocycles. The number of piperidine rings is 1. The molecule has 29 heavy (non-hydrogen) atoms. The van der Waals surface area contributed by atoms with E-state index in [2.05, 4.69) is 10.2 Å². The average Bonchev–Trinajstić information content (AvgIpc) is 3.31. The minimum absolute atomic E-state index is 0.0427. The Morgan fingerprint density at radius 1 is 1.03 bits per heavy atom. The Hall–Kier alpha value is -1.94. The number of rotatable bonds is 5. The number of morpholine rings is 1. The zero-order valence-electron chi connectivity index (χ0n) is 16.1. The number of sulfonamides is 1. The van der Waals surface area contributed by atoms with Gasteiger partial charge in [0.1, 0.15) is 4.21 Å². The van der Waals surface area contributed by atoms with Crippen LogP contribution < -0.4 is 10.2 Å². The van der Waals surface area contributed by atoms with Crippen LogP contribution in [0, 0.1) is 5.92 Å². The number of hydrogen-bond donors (Lipinski definition) is 1. The molecule has 0 bridgehead atoms. The number of anilines is 2. The van der Waals surface area contributed by atoms with E-state index in [0.29, 0.717) is 43.4 Å². The summed E-state index contributed by atoms with van der Waals surface area (Å²) in [6.45, 7) is 3.68. The van der Waals surface area contributed by atoms with Gasteiger partial charge in [-0.2, -0.15) is 4.31 Å². The maximum absolute atomic E-state index is 12.9. The predicted molar refractivity (Wildman–Crippen MR) is 114 cm³/mol. The van der Waals surface area contributed by atoms with Gasteiger partial charge in [-0.3, -0.25) is 4.79 Å². The van der Waals surface area contributed by atoms with Gasteiger partial charge in [0.2, 0.25) is 5.91 Å². The van der Waals surface area contributed by atoms with Crippen LogP contribution in [-0.2, 0) is 19.6 Å². The summed E-state index contributed by atoms with van der Waals surface area (Å²) < 4.78 is 32.6. The lowest BCUT2D eigenvalue weighted by Gasteiger charge is -2.32. The number of para-hydroxylation sites is 2. The van der Waals surface area contributed by atoms with E-state index in [4.69, 9.17) is 4.74 Å². The molecule has 2 aromatic rings. The minimum atomic E-state index is -3.45. The zero-order valence-corrected chi connectivity index (χ0v) is 17.8. The molecule has 3 heterocycles. The summed E-state index contributed by atoms with van der Waals surface area (Å²) in [7, 11) is -3.45. The Bertz CT molecular complexity index is 932. The molecule has 0 radical (unpaired) electrons. The van der Waals surface area contributed by atoms with Crippen LogP contribution in [-0.4, -0.2) is 58.0 Å². The molecular formula is C20H25N3O4S2. The Balaban J connectivity index is 1.39. The smallest absolute Gasteiger partial charge is 0.252 e. The largest absolute Gasteiger partial charge is 0.378 e. The molecular weight excluding hydrogens is 410 g/mol. The van der Waals surface area contributed by atoms with Crippen LogP contribution in [0.5, 0.6) is 0 Å². The summed E-state index contributed by atoms with van der Waals surface area (Å²) >= 11 is 1.23. The first-order valence-electron chi connectivity index (χ1n) is 9.82. The van der Waals surface area contributed by atoms with Crippen LogP contribution in [0.15, 0.2) is 46.0 Å². The molecule has 0 atom stereocenters. The number of carbonyl (C=O) groups is 1. The standard InChI is InChI=1S/C20H25N3O4S2/c24-20(21-17-4-1-2-5-18(17)22-11-13-27-14-12-22)16-7-9-23(10-8-16)29(25,26)19-6-3-15-28-19/h1-6,15-16H,7-14H2,(H,21,24). The van der Waals surface area contributed by atoms with Crippen LogP contribution >= 0.6 is 11.3 Å². The van der Waals surface area contributed by atoms with Crippen LogP contribution in [0.25, 0.3) is 0 Å². The first-order valence-corrected chi connectivity index (χ1v) is 12.1. The first kappa shape index (κ1) is 20.3. The van der Waals surface area contributed by atoms with Gasteiger partial charge in [0.15, 0.2) is 0 Å². The molecule has 0 aliphatic carbocycles. The number of carbonyl (C=O) groups excluding carboxylic acids is 1. The van der Waals surface area contributed by atoms with Crippen molar-refractivity contribution in [2.75, 3.05) is 49.6 Å². The van der Waals surface area contributed by atoms with Crippen molar-refractivity contribution >= 4 is 38.6 Å². The van der Waals surface area contributed by atoms with E-state index in [9.17, 15) is 13.2 Å². The number of ether oxygens (including phenoxy) is 1. The Kier molecular flexibility index (Phi) is 6.19. The highest BCUT2D eigenvalue weighted by Crippen LogP contribution is 2.30. The van der Waals surface area contributed by atoms with Crippen molar-refractivity contribution in [1.29, 1.82) is 0 Å². The number of thiophene rings is 1. The second kappa shape index (κ2) is 8.83. The molecule has 1 aromatic carbocycles. The summed E-state index contributed by atoms with van der Waals surface area (Å²) in [6, 6.07) is 11.2. The van der Waals surface area contributed by atoms with Crippen LogP contribution in [0.4, 0.5) is 11.4 Å². The van der Waals surface area contributed by atoms with E-state index in [1.807, 2.05) is 24.3 Å². The summed E-state index contributed by atoms with van der Waals surface area (Å²) in [5.74, 6) is -0.235. The molecule has 1 N–H and O–H groups in total. The maximum Gasteiger partial charge on any atom is 0.252 e. The average molecular weight is 436 g/mol. The van der Waals surface area contributed by atoms with Gasteiger partial charge < -0.3 is 15.0 Å². The summed E-state index contributed by atoms with van der Waals surface area (Å²) in [4.78, 5) is 15.1. The molecule has 156 valence electrons. The predicted octanol–water partition coefficient (Wildman–Crippen LogP) is 2.62. The van der Waals surface area contributed by atoms with Gasteiger partial charge in [-0.15, -0.1) is 11.3 Å². The summed E-state index contributed by atoms with van der Waals surface area (Å²) in [6.07, 6.45) is 1.05. The van der Waals surface area contributed by atoms with Crippen molar-refractivity contribution in [1.82, 2.24) is 4.31 Å². The zero-order chi connectivity index (χ0) is 20.3. The molecule has 7 nitrogen and oxygen atoms in total. The minimum Gasteiger partial charge on any atom is -0.378 e. The van der Waals surface area contributed by atoms with E-state index in [1.165, 1.54) is 15.6 Å². The first-order chi connectivity index (χ1) is 14.1. The van der Waals surface area contributed by atoms with Crippen molar-refractivity contribution in [3.8, 4) is 0 Å². The molecule has 2 fully saturated rings. The van der Waals surface area contributed by atoms with Gasteiger partial charge >= 0.3 is 0 Å². The molecule has 0 unspecified atom stereocenters. The number of benzene rings is 1. The molecule has 1 amide bonds. The normalized spacial score (nSPS) is 19.2. The number of nitrogens with one attached hydrogen (secondary N) is 1. The van der Waals surface area contributed by atoms with E-state index in [0.717, 1.165) is 24.5 Å². The molecule has 9 heteroatoms. The monoisotopic (exact) mass is 435 g/mol. The second-order valence-corrected chi connectivity index (χ2v) is 10.3. The Labute approximate surface area is 175 Å². The van der Waals surface area contributed by atoms with Gasteiger partial charge in [-0.1, -0.05) is 18.2 Å². The van der Waals surface area contributed by atoms with Gasteiger partial charge in [0.05, 0.1) is 24.6 Å². The third-order valence-electron chi connectivity index (χ3n) is 5.43. The molecule has 2 aliphatic rings. The number of hydrogen-bond acceptors (Lipinski definition) is 6. The fourth-order valence-corrected chi connectivity index (χ4v) is 6.40. The van der Waals surface area contributed by atoms with E-state index < -0.39 is 10.0 Å². The topological polar surface area (TPSA) is 79.0 Å². The summed E-state index contributed by atoms with van der Waals surface area (Å²) in [5.41, 5.74) is 1.80. The summed E-state index contributed by atoms with van der Waals surface area (Å²) in [5, 5.41) is 4.83. The lowest BCUT2D eigenvalue weighted by Crippen LogP contribution is -2.41. The lowest BCUT2D eigenvalue weighted by molar-refractivity contribution is -0.120. The van der Waals surface area contributed by atoms with Crippen molar-refractivity contribution in [3.05, 3.63) is 41.8 Å². The van der Waals surface area contributed by atoms with Crippen LogP contribution in [0.3, 0.4) is 0 Å². The van der Waals surface area contributed by atoms with Crippen molar-refractivity contribution in [3.63, 3.8) is 0 Å². The quantitative estimate of drug-likeness (QED) is 0.781. The van der Waals surface area contributed by atoms with Crippen molar-refractivity contribution < 1.29 is 17.9 Å². The van der Waals surface area contributed by atoms with E-state index in [-0.39, 0.29) is 11.8 Å². The van der Waals surface area contributed by atoms with Crippen LogP contribution in [0.2, 0.25) is 0 Å². The third kappa shape index (κ3) is 4.48. The molecule has 4 rings (SSSR count). The van der Waals surface area contributed by atoms with Gasteiger partial charge in [0.25, 0.3) is 10.0 Å². The van der Waals surface area contributed by atoms with Gasteiger partial charge in [0, 0.05) is 32.1 Å². The lowest BCUT2D eigenvalue weighted by atomic mass is 9.97. The Morgan fingerprint density at radius 3 is 2.45 bits per heavy atom. The fourth-order valence-electron chi connectivity index (χ4n) is 3.79. The van der Waals surface area contributed by atoms with Crippen molar-refractivity contribution in [2.24, 2.45) is 5.92 Å². The van der Waals surface area contributed by atoms with Gasteiger partial charge in [-0.25, -0.2) is 8.42 Å². The number of amides is 1. The SMILES string of the molecule is O=C(Nc1ccccc1N1CCOCC1)C1CCN(S(=O)(=O)c2cccs2)CC1. The van der Waals surface area contributed by atoms with E-state index >= 15 is 0 Å². The van der Waals surface area contributed by atoms with Crippen LogP contribution in [0.1, 0.15) is 12.8 Å². The maximum atomic E-state index is 12.9. The Morgan fingerprint density at radius 2 is 1.76 bits per heavy atom. The van der Waals surface area contributed by atoms with Crippen molar-refractivity contribution in [2.45, 2.75) is 17.1 Å². The highest BCUT2D eigenvalue weighted by atomic mass is 32.2. The molecule has 2 saturated heterocycles. The highest BCUT2D eigenvalue weighted by Gasteiger charge is 2.32.